The molecule has 1 unspecified atom stereocenters. The minimum atomic E-state index is 0.0135. The molecule has 0 aromatic heterocycles. The van der Waals surface area contributed by atoms with Crippen molar-refractivity contribution in [2.24, 2.45) is 5.92 Å². The molecule has 1 fully saturated rings. The summed E-state index contributed by atoms with van der Waals surface area (Å²) in [5.41, 5.74) is 0.690. The molecule has 2 rings (SSSR count). The van der Waals surface area contributed by atoms with Gasteiger partial charge < -0.3 is 10.2 Å². The Bertz CT molecular complexity index is 496. The number of benzene rings is 1. The van der Waals surface area contributed by atoms with Gasteiger partial charge in [0, 0.05) is 34.8 Å². The third kappa shape index (κ3) is 3.75. The molecule has 1 aromatic rings. The van der Waals surface area contributed by atoms with Gasteiger partial charge >= 0.3 is 0 Å². The lowest BCUT2D eigenvalue weighted by molar-refractivity contribution is -0.125. The fourth-order valence-corrected chi connectivity index (χ4v) is 2.94. The highest BCUT2D eigenvalue weighted by Gasteiger charge is 2.24. The van der Waals surface area contributed by atoms with Crippen molar-refractivity contribution in [2.75, 3.05) is 26.7 Å². The number of carbonyl (C=O) groups is 1. The second-order valence-electron chi connectivity index (χ2n) is 4.97. The molecule has 3 nitrogen and oxygen atoms in total. The second kappa shape index (κ2) is 7.11. The van der Waals surface area contributed by atoms with Crippen LogP contribution in [0.15, 0.2) is 24.3 Å². The molecule has 0 spiro atoms. The van der Waals surface area contributed by atoms with Gasteiger partial charge in [-0.1, -0.05) is 29.3 Å². The molecule has 20 heavy (non-hydrogen) atoms. The number of halogens is 2. The van der Waals surface area contributed by atoms with Gasteiger partial charge in [0.1, 0.15) is 0 Å². The van der Waals surface area contributed by atoms with E-state index in [1.54, 1.807) is 30.4 Å². The summed E-state index contributed by atoms with van der Waals surface area (Å²) in [5.74, 6) is 0.556. The Balaban J connectivity index is 2.00. The Hall–Kier alpha value is -1.03. The molecule has 108 valence electrons. The van der Waals surface area contributed by atoms with Gasteiger partial charge in [-0.25, -0.2) is 0 Å². The molecule has 1 aliphatic rings. The van der Waals surface area contributed by atoms with Crippen molar-refractivity contribution in [3.8, 4) is 0 Å². The molecule has 5 heteroatoms. The van der Waals surface area contributed by atoms with E-state index >= 15 is 0 Å². The van der Waals surface area contributed by atoms with E-state index in [1.165, 1.54) is 0 Å². The van der Waals surface area contributed by atoms with Crippen LogP contribution in [0.4, 0.5) is 0 Å². The Labute approximate surface area is 129 Å². The molecule has 0 radical (unpaired) electrons. The number of nitrogens with one attached hydrogen (secondary N) is 1. The van der Waals surface area contributed by atoms with E-state index in [0.29, 0.717) is 21.5 Å². The SMILES string of the molecule is CNCC1CCN(C(=O)/C=C/c2c(Cl)cccc2Cl)C1. The zero-order valence-electron chi connectivity index (χ0n) is 11.4. The number of carbonyl (C=O) groups excluding carboxylic acids is 1. The van der Waals surface area contributed by atoms with Gasteiger partial charge in [0.05, 0.1) is 0 Å². The quantitative estimate of drug-likeness (QED) is 0.867. The second-order valence-corrected chi connectivity index (χ2v) is 5.78. The average molecular weight is 313 g/mol. The maximum absolute atomic E-state index is 12.1. The lowest BCUT2D eigenvalue weighted by atomic mass is 10.1. The number of hydrogen-bond donors (Lipinski definition) is 1. The zero-order valence-corrected chi connectivity index (χ0v) is 12.9. The van der Waals surface area contributed by atoms with Gasteiger partial charge in [0.25, 0.3) is 0 Å². The molecular weight excluding hydrogens is 295 g/mol. The van der Waals surface area contributed by atoms with Crippen LogP contribution in [0.5, 0.6) is 0 Å². The summed E-state index contributed by atoms with van der Waals surface area (Å²) in [6.07, 6.45) is 4.29. The normalized spacial score (nSPS) is 18.9. The fraction of sp³-hybridized carbons (Fsp3) is 0.400. The molecule has 1 aromatic carbocycles. The van der Waals surface area contributed by atoms with Crippen LogP contribution in [0.1, 0.15) is 12.0 Å². The van der Waals surface area contributed by atoms with E-state index in [9.17, 15) is 4.79 Å². The van der Waals surface area contributed by atoms with E-state index in [2.05, 4.69) is 5.32 Å². The van der Waals surface area contributed by atoms with Crippen LogP contribution in [0.3, 0.4) is 0 Å². The monoisotopic (exact) mass is 312 g/mol. The molecular formula is C15H18Cl2N2O. The molecule has 1 heterocycles. The van der Waals surface area contributed by atoms with Gasteiger partial charge in [0.2, 0.25) is 5.91 Å². The molecule has 1 aliphatic heterocycles. The van der Waals surface area contributed by atoms with Gasteiger partial charge in [-0.15, -0.1) is 0 Å². The Morgan fingerprint density at radius 3 is 2.80 bits per heavy atom. The van der Waals surface area contributed by atoms with E-state index in [1.807, 2.05) is 11.9 Å². The summed E-state index contributed by atoms with van der Waals surface area (Å²) in [5, 5.41) is 4.25. The Kier molecular flexibility index (Phi) is 5.46. The zero-order chi connectivity index (χ0) is 14.5. The first-order valence-corrected chi connectivity index (χ1v) is 7.43. The molecule has 1 N–H and O–H groups in total. The topological polar surface area (TPSA) is 32.3 Å². The van der Waals surface area contributed by atoms with Gasteiger partial charge in [-0.3, -0.25) is 4.79 Å². The predicted octanol–water partition coefficient (Wildman–Crippen LogP) is 3.07. The third-order valence-corrected chi connectivity index (χ3v) is 4.14. The Morgan fingerprint density at radius 2 is 2.15 bits per heavy atom. The van der Waals surface area contributed by atoms with Crippen molar-refractivity contribution in [1.82, 2.24) is 10.2 Å². The summed E-state index contributed by atoms with van der Waals surface area (Å²) in [7, 11) is 1.93. The highest BCUT2D eigenvalue weighted by atomic mass is 35.5. The van der Waals surface area contributed by atoms with Crippen molar-refractivity contribution in [2.45, 2.75) is 6.42 Å². The third-order valence-electron chi connectivity index (χ3n) is 3.48. The van der Waals surface area contributed by atoms with Crippen LogP contribution in [0.25, 0.3) is 6.08 Å². The van der Waals surface area contributed by atoms with Crippen LogP contribution in [0.2, 0.25) is 10.0 Å². The van der Waals surface area contributed by atoms with Crippen molar-refractivity contribution in [3.05, 3.63) is 39.9 Å². The maximum atomic E-state index is 12.1. The number of hydrogen-bond acceptors (Lipinski definition) is 2. The van der Waals surface area contributed by atoms with E-state index in [0.717, 1.165) is 26.1 Å². The summed E-state index contributed by atoms with van der Waals surface area (Å²) in [6, 6.07) is 5.30. The first kappa shape index (κ1) is 15.4. The highest BCUT2D eigenvalue weighted by molar-refractivity contribution is 6.37. The summed E-state index contributed by atoms with van der Waals surface area (Å²) < 4.78 is 0. The van der Waals surface area contributed by atoms with Gasteiger partial charge in [0.15, 0.2) is 0 Å². The average Bonchev–Trinajstić information content (AvgIpc) is 2.87. The maximum Gasteiger partial charge on any atom is 0.246 e. The first-order valence-electron chi connectivity index (χ1n) is 6.67. The summed E-state index contributed by atoms with van der Waals surface area (Å²) >= 11 is 12.1. The fourth-order valence-electron chi connectivity index (χ4n) is 2.42. The number of likely N-dealkylation sites (tertiary alicyclic amines) is 1. The number of rotatable bonds is 4. The largest absolute Gasteiger partial charge is 0.339 e. The van der Waals surface area contributed by atoms with Crippen molar-refractivity contribution in [3.63, 3.8) is 0 Å². The standard InChI is InChI=1S/C15H18Cl2N2O/c1-18-9-11-7-8-19(10-11)15(20)6-5-12-13(16)3-2-4-14(12)17/h2-6,11,18H,7-10H2,1H3/b6-5+. The van der Waals surface area contributed by atoms with Crippen molar-refractivity contribution < 1.29 is 4.79 Å². The molecule has 1 saturated heterocycles. The molecule has 1 amide bonds. The van der Waals surface area contributed by atoms with Crippen LogP contribution < -0.4 is 5.32 Å². The lowest BCUT2D eigenvalue weighted by Gasteiger charge is -2.14. The minimum absolute atomic E-state index is 0.0135. The van der Waals surface area contributed by atoms with Crippen molar-refractivity contribution >= 4 is 35.2 Å². The molecule has 0 bridgehead atoms. The highest BCUT2D eigenvalue weighted by Crippen LogP contribution is 2.25. The molecule has 1 atom stereocenters. The van der Waals surface area contributed by atoms with Gasteiger partial charge in [-0.05, 0) is 44.1 Å². The van der Waals surface area contributed by atoms with Crippen LogP contribution in [-0.4, -0.2) is 37.5 Å². The molecule has 0 saturated carbocycles. The van der Waals surface area contributed by atoms with E-state index < -0.39 is 0 Å². The predicted molar refractivity (Wildman–Crippen MR) is 84.1 cm³/mol. The van der Waals surface area contributed by atoms with Crippen LogP contribution in [-0.2, 0) is 4.79 Å². The van der Waals surface area contributed by atoms with Gasteiger partial charge in [-0.2, -0.15) is 0 Å². The number of amides is 1. The Morgan fingerprint density at radius 1 is 1.45 bits per heavy atom. The van der Waals surface area contributed by atoms with E-state index in [4.69, 9.17) is 23.2 Å². The smallest absolute Gasteiger partial charge is 0.246 e. The summed E-state index contributed by atoms with van der Waals surface area (Å²) in [4.78, 5) is 14.0. The lowest BCUT2D eigenvalue weighted by Crippen LogP contribution is -2.28. The molecule has 0 aliphatic carbocycles. The minimum Gasteiger partial charge on any atom is -0.339 e. The van der Waals surface area contributed by atoms with Crippen LogP contribution >= 0.6 is 23.2 Å². The van der Waals surface area contributed by atoms with Crippen LogP contribution in [0, 0.1) is 5.92 Å². The first-order chi connectivity index (χ1) is 9.61. The summed E-state index contributed by atoms with van der Waals surface area (Å²) in [6.45, 7) is 2.57. The van der Waals surface area contributed by atoms with Crippen molar-refractivity contribution in [1.29, 1.82) is 0 Å². The van der Waals surface area contributed by atoms with E-state index in [-0.39, 0.29) is 5.91 Å². The number of nitrogens with zero attached hydrogens (tertiary/aromatic N) is 1.